The van der Waals surface area contributed by atoms with E-state index >= 15 is 0 Å². The predicted molar refractivity (Wildman–Crippen MR) is 37.2 cm³/mol. The molecule has 2 aliphatic rings. The van der Waals surface area contributed by atoms with E-state index in [2.05, 4.69) is 0 Å². The van der Waals surface area contributed by atoms with Crippen molar-refractivity contribution in [2.24, 2.45) is 0 Å². The van der Waals surface area contributed by atoms with Crippen molar-refractivity contribution in [1.29, 1.82) is 0 Å². The molecule has 0 aromatic heterocycles. The van der Waals surface area contributed by atoms with E-state index in [1.54, 1.807) is 0 Å². The van der Waals surface area contributed by atoms with Gasteiger partial charge >= 0.3 is 12.1 Å². The first kappa shape index (κ1) is 7.54. The van der Waals surface area contributed by atoms with Crippen molar-refractivity contribution in [1.82, 2.24) is 0 Å². The first-order valence-corrected chi connectivity index (χ1v) is 3.92. The molecule has 0 saturated carbocycles. The molecule has 0 aliphatic carbocycles. The lowest BCUT2D eigenvalue weighted by molar-refractivity contribution is -0.840. The van der Waals surface area contributed by atoms with Crippen LogP contribution in [0.3, 0.4) is 0 Å². The zero-order valence-electron chi connectivity index (χ0n) is 6.62. The number of hydrogen-bond donors (Lipinski definition) is 0. The van der Waals surface area contributed by atoms with Crippen molar-refractivity contribution in [2.75, 3.05) is 32.8 Å². The number of carbonyl (C=O) groups excluding carboxylic acids is 2. The molecule has 66 valence electrons. The van der Waals surface area contributed by atoms with E-state index in [9.17, 15) is 9.59 Å². The Hall–Kier alpha value is -1.10. The molecule has 12 heavy (non-hydrogen) atoms. The summed E-state index contributed by atoms with van der Waals surface area (Å²) in [6.07, 6.45) is -0.286. The van der Waals surface area contributed by atoms with Gasteiger partial charge in [-0.2, -0.15) is 4.79 Å². The van der Waals surface area contributed by atoms with Gasteiger partial charge in [-0.25, -0.2) is 9.28 Å². The lowest BCUT2D eigenvalue weighted by Crippen LogP contribution is -2.57. The van der Waals surface area contributed by atoms with Gasteiger partial charge < -0.3 is 9.47 Å². The molecular weight excluding hydrogens is 162 g/mol. The molecular formula is C7H10NO4+. The van der Waals surface area contributed by atoms with E-state index in [0.29, 0.717) is 26.3 Å². The number of amides is 1. The molecule has 2 heterocycles. The van der Waals surface area contributed by atoms with Crippen LogP contribution < -0.4 is 0 Å². The van der Waals surface area contributed by atoms with Crippen LogP contribution in [0.4, 0.5) is 4.79 Å². The van der Waals surface area contributed by atoms with Crippen molar-refractivity contribution in [3.63, 3.8) is 0 Å². The van der Waals surface area contributed by atoms with Gasteiger partial charge in [0.25, 0.3) is 0 Å². The van der Waals surface area contributed by atoms with Crippen LogP contribution in [0.5, 0.6) is 0 Å². The molecule has 1 amide bonds. The summed E-state index contributed by atoms with van der Waals surface area (Å²) in [7, 11) is 0. The first-order valence-electron chi connectivity index (χ1n) is 3.92. The summed E-state index contributed by atoms with van der Waals surface area (Å²) in [6.45, 7) is 2.05. The molecule has 1 spiro atoms. The van der Waals surface area contributed by atoms with Gasteiger partial charge in [-0.1, -0.05) is 0 Å². The number of quaternary nitrogens is 1. The molecule has 1 unspecified atom stereocenters. The second-order valence-electron chi connectivity index (χ2n) is 3.09. The monoisotopic (exact) mass is 172 g/mol. The lowest BCUT2D eigenvalue weighted by Gasteiger charge is -2.30. The lowest BCUT2D eigenvalue weighted by atomic mass is 10.3. The molecule has 2 aliphatic heterocycles. The second kappa shape index (κ2) is 2.45. The third-order valence-corrected chi connectivity index (χ3v) is 2.35. The Morgan fingerprint density at radius 1 is 1.08 bits per heavy atom. The van der Waals surface area contributed by atoms with Crippen molar-refractivity contribution < 1.29 is 23.5 Å². The minimum atomic E-state index is -0.305. The number of nitrogens with zero attached hydrogens (tertiary/aromatic N) is 1. The topological polar surface area (TPSA) is 52.6 Å². The van der Waals surface area contributed by atoms with Gasteiger partial charge in [0, 0.05) is 0 Å². The minimum absolute atomic E-state index is 0.138. The van der Waals surface area contributed by atoms with Crippen LogP contribution in [0.15, 0.2) is 0 Å². The summed E-state index contributed by atoms with van der Waals surface area (Å²) >= 11 is 0. The summed E-state index contributed by atoms with van der Waals surface area (Å²) in [5.74, 6) is -0.305. The summed E-state index contributed by atoms with van der Waals surface area (Å²) in [6, 6.07) is 0. The van der Waals surface area contributed by atoms with E-state index in [-0.39, 0.29) is 23.1 Å². The highest BCUT2D eigenvalue weighted by Gasteiger charge is 2.48. The summed E-state index contributed by atoms with van der Waals surface area (Å²) in [5, 5.41) is 0. The molecule has 1 atom stereocenters. The van der Waals surface area contributed by atoms with Gasteiger partial charge in [0.2, 0.25) is 0 Å². The highest BCUT2D eigenvalue weighted by Crippen LogP contribution is 2.19. The van der Waals surface area contributed by atoms with E-state index in [1.165, 1.54) is 0 Å². The second-order valence-corrected chi connectivity index (χ2v) is 3.09. The van der Waals surface area contributed by atoms with Crippen molar-refractivity contribution in [3.8, 4) is 0 Å². The van der Waals surface area contributed by atoms with Gasteiger partial charge in [-0.15, -0.1) is 0 Å². The van der Waals surface area contributed by atoms with Crippen molar-refractivity contribution >= 4 is 12.1 Å². The zero-order valence-corrected chi connectivity index (χ0v) is 6.62. The maximum absolute atomic E-state index is 11.2. The SMILES string of the molecule is O=C1C[N+]2(CCO1)CCOC2=O. The summed E-state index contributed by atoms with van der Waals surface area (Å²) in [5.41, 5.74) is 0. The van der Waals surface area contributed by atoms with Crippen LogP contribution in [0, 0.1) is 0 Å². The Morgan fingerprint density at radius 2 is 1.75 bits per heavy atom. The standard InChI is InChI=1S/C7H10NO4/c9-6-5-8(1-3-11-6)2-4-12-7(8)10/h1-5H2/q+1. The molecule has 0 aromatic carbocycles. The predicted octanol–water partition coefficient (Wildman–Crippen LogP) is -0.490. The fourth-order valence-electron chi connectivity index (χ4n) is 1.59. The number of cyclic esters (lactones) is 2. The molecule has 0 N–H and O–H groups in total. The molecule has 2 fully saturated rings. The number of hydrogen-bond acceptors (Lipinski definition) is 4. The van der Waals surface area contributed by atoms with E-state index in [1.807, 2.05) is 0 Å². The van der Waals surface area contributed by atoms with E-state index in [0.717, 1.165) is 0 Å². The maximum atomic E-state index is 11.2. The average molecular weight is 172 g/mol. The molecule has 0 bridgehead atoms. The Morgan fingerprint density at radius 3 is 2.33 bits per heavy atom. The number of rotatable bonds is 0. The smallest absolute Gasteiger partial charge is 0.455 e. The van der Waals surface area contributed by atoms with E-state index < -0.39 is 0 Å². The number of carbonyl (C=O) groups is 2. The fraction of sp³-hybridized carbons (Fsp3) is 0.714. The molecule has 0 radical (unpaired) electrons. The van der Waals surface area contributed by atoms with E-state index in [4.69, 9.17) is 9.47 Å². The Bertz CT molecular complexity index is 240. The fourth-order valence-corrected chi connectivity index (χ4v) is 1.59. The van der Waals surface area contributed by atoms with Crippen LogP contribution in [-0.2, 0) is 14.3 Å². The Balaban J connectivity index is 2.18. The van der Waals surface area contributed by atoms with Crippen LogP contribution in [0.2, 0.25) is 0 Å². The van der Waals surface area contributed by atoms with Crippen molar-refractivity contribution in [3.05, 3.63) is 0 Å². The first-order chi connectivity index (χ1) is 5.73. The highest BCUT2D eigenvalue weighted by molar-refractivity contribution is 5.74. The molecule has 5 nitrogen and oxygen atoms in total. The third kappa shape index (κ3) is 0.972. The highest BCUT2D eigenvalue weighted by atomic mass is 16.6. The molecule has 0 aromatic rings. The number of ether oxygens (including phenoxy) is 2. The van der Waals surface area contributed by atoms with Gasteiger partial charge in [-0.3, -0.25) is 0 Å². The summed E-state index contributed by atoms with van der Waals surface area (Å²) < 4.78 is 9.71. The van der Waals surface area contributed by atoms with Gasteiger partial charge in [0.1, 0.15) is 26.3 Å². The number of morpholine rings is 1. The van der Waals surface area contributed by atoms with Crippen LogP contribution in [-0.4, -0.2) is 49.4 Å². The summed E-state index contributed by atoms with van der Waals surface area (Å²) in [4.78, 5) is 22.2. The zero-order chi connectivity index (χ0) is 8.60. The van der Waals surface area contributed by atoms with Gasteiger partial charge in [-0.05, 0) is 0 Å². The number of esters is 1. The normalized spacial score (nSPS) is 35.0. The molecule has 5 heteroatoms. The quantitative estimate of drug-likeness (QED) is 0.365. The Kier molecular flexibility index (Phi) is 1.54. The molecule has 2 rings (SSSR count). The van der Waals surface area contributed by atoms with Crippen LogP contribution in [0.1, 0.15) is 0 Å². The van der Waals surface area contributed by atoms with Crippen LogP contribution in [0.25, 0.3) is 0 Å². The van der Waals surface area contributed by atoms with Gasteiger partial charge in [0.15, 0.2) is 6.54 Å². The maximum Gasteiger partial charge on any atom is 0.516 e. The Labute approximate surface area is 69.4 Å². The van der Waals surface area contributed by atoms with Crippen molar-refractivity contribution in [2.45, 2.75) is 0 Å². The largest absolute Gasteiger partial charge is 0.516 e. The third-order valence-electron chi connectivity index (χ3n) is 2.35. The molecule has 2 saturated heterocycles. The van der Waals surface area contributed by atoms with Crippen LogP contribution >= 0.6 is 0 Å². The van der Waals surface area contributed by atoms with Gasteiger partial charge in [0.05, 0.1) is 0 Å². The average Bonchev–Trinajstić information content (AvgIpc) is 2.33. The minimum Gasteiger partial charge on any atom is -0.455 e.